The van der Waals surface area contributed by atoms with Gasteiger partial charge in [0, 0.05) is 20.2 Å². The number of ether oxygens (including phenoxy) is 1. The van der Waals surface area contributed by atoms with Gasteiger partial charge in [-0.25, -0.2) is 8.42 Å². The summed E-state index contributed by atoms with van der Waals surface area (Å²) in [5.41, 5.74) is 3.25. The second-order valence-corrected chi connectivity index (χ2v) is 10.7. The van der Waals surface area contributed by atoms with Gasteiger partial charge in [0.1, 0.15) is 11.5 Å². The van der Waals surface area contributed by atoms with Gasteiger partial charge in [0.15, 0.2) is 0 Å². The van der Waals surface area contributed by atoms with Crippen molar-refractivity contribution < 1.29 is 22.4 Å². The van der Waals surface area contributed by atoms with E-state index in [0.29, 0.717) is 23.4 Å². The Morgan fingerprint density at radius 1 is 0.943 bits per heavy atom. The van der Waals surface area contributed by atoms with Crippen LogP contribution in [0, 0.1) is 27.7 Å². The van der Waals surface area contributed by atoms with Gasteiger partial charge in [-0.15, -0.1) is 0 Å². The Morgan fingerprint density at radius 2 is 1.60 bits per heavy atom. The minimum atomic E-state index is -3.94. The van der Waals surface area contributed by atoms with Crippen molar-refractivity contribution in [3.05, 3.63) is 88.4 Å². The number of amides is 1. The summed E-state index contributed by atoms with van der Waals surface area (Å²) < 4.78 is 39.6. The van der Waals surface area contributed by atoms with Gasteiger partial charge >= 0.3 is 0 Å². The lowest BCUT2D eigenvalue weighted by atomic mass is 10.1. The molecule has 188 valence electrons. The average molecular weight is 499 g/mol. The summed E-state index contributed by atoms with van der Waals surface area (Å²) in [6.07, 6.45) is 0. The van der Waals surface area contributed by atoms with Gasteiger partial charge in [-0.3, -0.25) is 4.79 Å². The van der Waals surface area contributed by atoms with E-state index in [1.807, 2.05) is 68.4 Å². The maximum absolute atomic E-state index is 13.8. The molecule has 1 aromatic heterocycles. The van der Waals surface area contributed by atoms with Crippen LogP contribution in [0.3, 0.4) is 0 Å². The topological polar surface area (TPSA) is 80.1 Å². The zero-order chi connectivity index (χ0) is 25.6. The van der Waals surface area contributed by atoms with Crippen LogP contribution in [0.4, 0.5) is 0 Å². The molecule has 3 aromatic rings. The number of hydrogen-bond acceptors (Lipinski definition) is 5. The highest BCUT2D eigenvalue weighted by Gasteiger charge is 2.31. The molecule has 35 heavy (non-hydrogen) atoms. The largest absolute Gasteiger partial charge is 0.464 e. The third-order valence-corrected chi connectivity index (χ3v) is 7.92. The van der Waals surface area contributed by atoms with E-state index >= 15 is 0 Å². The first-order chi connectivity index (χ1) is 16.6. The first-order valence-electron chi connectivity index (χ1n) is 11.6. The van der Waals surface area contributed by atoms with Crippen molar-refractivity contribution >= 4 is 15.9 Å². The smallest absolute Gasteiger partial charge is 0.244 e. The minimum Gasteiger partial charge on any atom is -0.464 e. The van der Waals surface area contributed by atoms with E-state index < -0.39 is 10.0 Å². The first-order valence-corrected chi connectivity index (χ1v) is 13.0. The number of rotatable bonds is 11. The highest BCUT2D eigenvalue weighted by molar-refractivity contribution is 7.89. The van der Waals surface area contributed by atoms with Gasteiger partial charge in [-0.1, -0.05) is 48.0 Å². The van der Waals surface area contributed by atoms with Crippen molar-refractivity contribution in [1.82, 2.24) is 9.21 Å². The molecular formula is C27H34N2O5S. The summed E-state index contributed by atoms with van der Waals surface area (Å²) in [4.78, 5) is 15.4. The molecule has 0 aliphatic carbocycles. The van der Waals surface area contributed by atoms with Crippen molar-refractivity contribution in [2.75, 3.05) is 26.8 Å². The first kappa shape index (κ1) is 26.7. The van der Waals surface area contributed by atoms with E-state index in [0.717, 1.165) is 16.9 Å². The third kappa shape index (κ3) is 6.81. The molecule has 0 saturated heterocycles. The third-order valence-electron chi connectivity index (χ3n) is 5.77. The summed E-state index contributed by atoms with van der Waals surface area (Å²) >= 11 is 0. The number of sulfonamides is 1. The van der Waals surface area contributed by atoms with Gasteiger partial charge in [-0.05, 0) is 56.5 Å². The number of hydrogen-bond donors (Lipinski definition) is 0. The molecule has 0 spiro atoms. The molecule has 0 bridgehead atoms. The van der Waals surface area contributed by atoms with Crippen LogP contribution in [0.1, 0.15) is 33.8 Å². The van der Waals surface area contributed by atoms with Crippen LogP contribution in [-0.4, -0.2) is 50.3 Å². The summed E-state index contributed by atoms with van der Waals surface area (Å²) in [5.74, 6) is 1.08. The normalized spacial score (nSPS) is 11.7. The Hall–Kier alpha value is -2.94. The van der Waals surface area contributed by atoms with Crippen LogP contribution in [-0.2, 0) is 32.6 Å². The fourth-order valence-electron chi connectivity index (χ4n) is 4.23. The lowest BCUT2D eigenvalue weighted by molar-refractivity contribution is -0.133. The van der Waals surface area contributed by atoms with E-state index in [4.69, 9.17) is 9.15 Å². The van der Waals surface area contributed by atoms with Crippen LogP contribution in [0.25, 0.3) is 0 Å². The summed E-state index contributed by atoms with van der Waals surface area (Å²) in [7, 11) is -2.43. The molecule has 8 heteroatoms. The number of aryl methyl sites for hydroxylation is 4. The van der Waals surface area contributed by atoms with Gasteiger partial charge in [0.05, 0.1) is 24.6 Å². The lowest BCUT2D eigenvalue weighted by Crippen LogP contribution is -2.44. The van der Waals surface area contributed by atoms with E-state index in [1.54, 1.807) is 18.7 Å². The summed E-state index contributed by atoms with van der Waals surface area (Å²) in [6, 6.07) is 17.0. The second kappa shape index (κ2) is 11.7. The predicted octanol–water partition coefficient (Wildman–Crippen LogP) is 4.38. The summed E-state index contributed by atoms with van der Waals surface area (Å²) in [5, 5.41) is 0. The highest BCUT2D eigenvalue weighted by Crippen LogP contribution is 2.25. The average Bonchev–Trinajstić information content (AvgIpc) is 3.20. The highest BCUT2D eigenvalue weighted by atomic mass is 32.2. The molecule has 0 saturated carbocycles. The van der Waals surface area contributed by atoms with Gasteiger partial charge in [0.2, 0.25) is 15.9 Å². The van der Waals surface area contributed by atoms with Crippen LogP contribution in [0.2, 0.25) is 0 Å². The fourth-order valence-corrected chi connectivity index (χ4v) is 6.01. The molecule has 0 radical (unpaired) electrons. The van der Waals surface area contributed by atoms with E-state index in [-0.39, 0.29) is 37.0 Å². The van der Waals surface area contributed by atoms with Gasteiger partial charge in [-0.2, -0.15) is 4.31 Å². The van der Waals surface area contributed by atoms with Crippen molar-refractivity contribution in [3.8, 4) is 0 Å². The van der Waals surface area contributed by atoms with Crippen molar-refractivity contribution in [1.29, 1.82) is 0 Å². The van der Waals surface area contributed by atoms with Crippen LogP contribution in [0.15, 0.2) is 63.9 Å². The molecule has 1 amide bonds. The molecule has 3 rings (SSSR count). The Kier molecular flexibility index (Phi) is 8.88. The molecule has 1 heterocycles. The van der Waals surface area contributed by atoms with Crippen molar-refractivity contribution in [2.45, 2.75) is 45.7 Å². The maximum Gasteiger partial charge on any atom is 0.244 e. The molecular weight excluding hydrogens is 464 g/mol. The molecule has 0 fully saturated rings. The zero-order valence-electron chi connectivity index (χ0n) is 21.1. The van der Waals surface area contributed by atoms with E-state index in [2.05, 4.69) is 0 Å². The van der Waals surface area contributed by atoms with Gasteiger partial charge in [0.25, 0.3) is 0 Å². The van der Waals surface area contributed by atoms with Gasteiger partial charge < -0.3 is 14.1 Å². The molecule has 0 aliphatic heterocycles. The lowest BCUT2D eigenvalue weighted by Gasteiger charge is -2.28. The number of furan rings is 1. The fraction of sp³-hybridized carbons (Fsp3) is 0.370. The van der Waals surface area contributed by atoms with E-state index in [9.17, 15) is 13.2 Å². The second-order valence-electron chi connectivity index (χ2n) is 8.81. The molecule has 7 nitrogen and oxygen atoms in total. The van der Waals surface area contributed by atoms with E-state index in [1.165, 1.54) is 11.4 Å². The molecule has 0 unspecified atom stereocenters. The number of methoxy groups -OCH3 is 1. The van der Waals surface area contributed by atoms with Crippen LogP contribution in [0.5, 0.6) is 0 Å². The van der Waals surface area contributed by atoms with Crippen LogP contribution >= 0.6 is 0 Å². The minimum absolute atomic E-state index is 0.0658. The monoisotopic (exact) mass is 498 g/mol. The predicted molar refractivity (Wildman–Crippen MR) is 135 cm³/mol. The molecule has 0 aliphatic rings. The Balaban J connectivity index is 1.92. The number of carbonyl (C=O) groups excluding carboxylic acids is 1. The Bertz CT molecular complexity index is 1230. The quantitative estimate of drug-likeness (QED) is 0.392. The maximum atomic E-state index is 13.8. The standard InChI is InChI=1S/C27H34N2O5S/c1-20-15-21(2)27(22(3)16-20)35(31,32)29(13-14-33-5)19-26(30)28(17-24-9-7-6-8-10-24)18-25-12-11-23(4)34-25/h6-12,15-16H,13-14,17-19H2,1-5H3. The van der Waals surface area contributed by atoms with Crippen molar-refractivity contribution in [3.63, 3.8) is 0 Å². The zero-order valence-corrected chi connectivity index (χ0v) is 21.9. The number of carbonyl (C=O) groups is 1. The Morgan fingerprint density at radius 3 is 2.17 bits per heavy atom. The molecule has 0 N–H and O–H groups in total. The number of nitrogens with zero attached hydrogens (tertiary/aromatic N) is 2. The summed E-state index contributed by atoms with van der Waals surface area (Å²) in [6.45, 7) is 7.85. The van der Waals surface area contributed by atoms with Crippen molar-refractivity contribution in [2.24, 2.45) is 0 Å². The molecule has 2 aromatic carbocycles. The number of benzene rings is 2. The van der Waals surface area contributed by atoms with Crippen LogP contribution < -0.4 is 0 Å². The molecule has 0 atom stereocenters. The Labute approximate surface area is 208 Å². The SMILES string of the molecule is COCCN(CC(=O)N(Cc1ccccc1)Cc1ccc(C)o1)S(=O)(=O)c1c(C)cc(C)cc1C.